The first-order valence-electron chi connectivity index (χ1n) is 8.49. The standard InChI is InChI=1S/C19H25ClN4OS.HI/c1-14-6-7-17(16(20)13-14)23-18(25)8-10-22-19(21-2)24(3)11-9-15-5-4-12-26-15;/h4-7,12-13H,8-11H2,1-3H3,(H,21,22)(H,23,25);1H. The van der Waals surface area contributed by atoms with E-state index in [1.807, 2.05) is 32.2 Å². The number of anilines is 1. The second kappa shape index (κ2) is 12.2. The molecule has 5 nitrogen and oxygen atoms in total. The van der Waals surface area contributed by atoms with E-state index < -0.39 is 0 Å². The molecule has 1 amide bonds. The van der Waals surface area contributed by atoms with Crippen LogP contribution in [0.5, 0.6) is 0 Å². The molecule has 0 unspecified atom stereocenters. The Bertz CT molecular complexity index is 752. The van der Waals surface area contributed by atoms with Gasteiger partial charge in [0.25, 0.3) is 0 Å². The first-order chi connectivity index (χ1) is 12.5. The van der Waals surface area contributed by atoms with E-state index in [1.165, 1.54) is 4.88 Å². The normalized spacial score (nSPS) is 10.9. The van der Waals surface area contributed by atoms with Crippen LogP contribution in [-0.4, -0.2) is 44.0 Å². The van der Waals surface area contributed by atoms with E-state index in [9.17, 15) is 4.79 Å². The summed E-state index contributed by atoms with van der Waals surface area (Å²) < 4.78 is 0. The molecule has 0 radical (unpaired) electrons. The number of benzene rings is 1. The highest BCUT2D eigenvalue weighted by Gasteiger charge is 2.09. The Hall–Kier alpha value is -1.32. The quantitative estimate of drug-likeness (QED) is 0.323. The number of hydrogen-bond acceptors (Lipinski definition) is 3. The van der Waals surface area contributed by atoms with Gasteiger partial charge in [-0.25, -0.2) is 0 Å². The third-order valence-corrected chi connectivity index (χ3v) is 5.13. The molecule has 0 fully saturated rings. The van der Waals surface area contributed by atoms with Crippen LogP contribution >= 0.6 is 46.9 Å². The predicted molar refractivity (Wildman–Crippen MR) is 127 cm³/mol. The lowest BCUT2D eigenvalue weighted by molar-refractivity contribution is -0.116. The van der Waals surface area contributed by atoms with Crippen LogP contribution in [-0.2, 0) is 11.2 Å². The third-order valence-electron chi connectivity index (χ3n) is 3.88. The number of rotatable bonds is 7. The number of guanidine groups is 1. The highest BCUT2D eigenvalue weighted by Crippen LogP contribution is 2.22. The highest BCUT2D eigenvalue weighted by molar-refractivity contribution is 14.0. The lowest BCUT2D eigenvalue weighted by atomic mass is 10.2. The minimum Gasteiger partial charge on any atom is -0.356 e. The zero-order chi connectivity index (χ0) is 18.9. The fourth-order valence-corrected chi connectivity index (χ4v) is 3.43. The van der Waals surface area contributed by atoms with E-state index in [2.05, 4.69) is 38.0 Å². The molecule has 0 saturated carbocycles. The summed E-state index contributed by atoms with van der Waals surface area (Å²) in [6.07, 6.45) is 1.31. The molecule has 1 aromatic heterocycles. The van der Waals surface area contributed by atoms with Gasteiger partial charge in [0, 0.05) is 38.5 Å². The van der Waals surface area contributed by atoms with Gasteiger partial charge in [0.05, 0.1) is 10.7 Å². The van der Waals surface area contributed by atoms with E-state index >= 15 is 0 Å². The average Bonchev–Trinajstić information content (AvgIpc) is 3.12. The van der Waals surface area contributed by atoms with Crippen molar-refractivity contribution in [2.24, 2.45) is 4.99 Å². The molecule has 0 bridgehead atoms. The summed E-state index contributed by atoms with van der Waals surface area (Å²) in [5, 5.41) is 8.70. The molecule has 27 heavy (non-hydrogen) atoms. The summed E-state index contributed by atoms with van der Waals surface area (Å²) in [5.41, 5.74) is 1.70. The average molecular weight is 521 g/mol. The lowest BCUT2D eigenvalue weighted by Crippen LogP contribution is -2.41. The number of aryl methyl sites for hydroxylation is 1. The van der Waals surface area contributed by atoms with E-state index in [-0.39, 0.29) is 29.9 Å². The van der Waals surface area contributed by atoms with Gasteiger partial charge in [-0.2, -0.15) is 0 Å². The summed E-state index contributed by atoms with van der Waals surface area (Å²) >= 11 is 7.90. The Labute approximate surface area is 187 Å². The summed E-state index contributed by atoms with van der Waals surface area (Å²) in [6, 6.07) is 9.77. The number of nitrogens with one attached hydrogen (secondary N) is 2. The van der Waals surface area contributed by atoms with Crippen LogP contribution in [0.1, 0.15) is 16.9 Å². The minimum atomic E-state index is -0.0834. The van der Waals surface area contributed by atoms with Crippen LogP contribution < -0.4 is 10.6 Å². The smallest absolute Gasteiger partial charge is 0.226 e. The first-order valence-corrected chi connectivity index (χ1v) is 9.75. The number of aliphatic imine (C=N–C) groups is 1. The molecule has 1 aromatic carbocycles. The van der Waals surface area contributed by atoms with Crippen LogP contribution in [0.25, 0.3) is 0 Å². The van der Waals surface area contributed by atoms with Crippen molar-refractivity contribution < 1.29 is 4.79 Å². The molecule has 2 N–H and O–H groups in total. The van der Waals surface area contributed by atoms with E-state index in [1.54, 1.807) is 18.4 Å². The van der Waals surface area contributed by atoms with Gasteiger partial charge in [-0.15, -0.1) is 35.3 Å². The van der Waals surface area contributed by atoms with Gasteiger partial charge in [-0.05, 0) is 42.5 Å². The molecule has 0 aliphatic rings. The van der Waals surface area contributed by atoms with Crippen molar-refractivity contribution in [2.45, 2.75) is 19.8 Å². The Morgan fingerprint density at radius 3 is 2.74 bits per heavy atom. The number of likely N-dealkylation sites (N-methyl/N-ethyl adjacent to an activating group) is 1. The molecule has 0 aliphatic heterocycles. The van der Waals surface area contributed by atoms with Gasteiger partial charge in [-0.1, -0.05) is 23.7 Å². The predicted octanol–water partition coefficient (Wildman–Crippen LogP) is 4.41. The van der Waals surface area contributed by atoms with Crippen molar-refractivity contribution in [1.29, 1.82) is 0 Å². The molecule has 148 valence electrons. The largest absolute Gasteiger partial charge is 0.356 e. The molecule has 2 rings (SSSR count). The molecule has 0 aliphatic carbocycles. The van der Waals surface area contributed by atoms with Crippen molar-refractivity contribution >= 4 is 64.5 Å². The Morgan fingerprint density at radius 2 is 2.11 bits per heavy atom. The summed E-state index contributed by atoms with van der Waals surface area (Å²) in [7, 11) is 3.74. The summed E-state index contributed by atoms with van der Waals surface area (Å²) in [5.74, 6) is 0.697. The van der Waals surface area contributed by atoms with E-state index in [0.29, 0.717) is 23.7 Å². The fourth-order valence-electron chi connectivity index (χ4n) is 2.45. The maximum Gasteiger partial charge on any atom is 0.226 e. The van der Waals surface area contributed by atoms with Crippen molar-refractivity contribution in [3.05, 3.63) is 51.2 Å². The number of halogens is 2. The zero-order valence-corrected chi connectivity index (χ0v) is 19.7. The highest BCUT2D eigenvalue weighted by atomic mass is 127. The molecule has 0 saturated heterocycles. The van der Waals surface area contributed by atoms with Crippen LogP contribution in [0.15, 0.2) is 40.7 Å². The van der Waals surface area contributed by atoms with Gasteiger partial charge in [0.1, 0.15) is 0 Å². The number of hydrogen-bond donors (Lipinski definition) is 2. The van der Waals surface area contributed by atoms with Gasteiger partial charge >= 0.3 is 0 Å². The Morgan fingerprint density at radius 1 is 1.33 bits per heavy atom. The number of carbonyl (C=O) groups excluding carboxylic acids is 1. The van der Waals surface area contributed by atoms with Crippen LogP contribution in [0, 0.1) is 6.92 Å². The topological polar surface area (TPSA) is 56.7 Å². The van der Waals surface area contributed by atoms with Crippen molar-refractivity contribution in [3.63, 3.8) is 0 Å². The second-order valence-corrected chi connectivity index (χ2v) is 7.45. The maximum atomic E-state index is 12.1. The molecule has 0 spiro atoms. The van der Waals surface area contributed by atoms with Gasteiger partial charge < -0.3 is 15.5 Å². The van der Waals surface area contributed by atoms with E-state index in [4.69, 9.17) is 11.6 Å². The van der Waals surface area contributed by atoms with Crippen LogP contribution in [0.4, 0.5) is 5.69 Å². The molecule has 8 heteroatoms. The first kappa shape index (κ1) is 23.7. The lowest BCUT2D eigenvalue weighted by Gasteiger charge is -2.21. The number of amides is 1. The van der Waals surface area contributed by atoms with Gasteiger partial charge in [0.2, 0.25) is 5.91 Å². The monoisotopic (exact) mass is 520 g/mol. The third kappa shape index (κ3) is 8.06. The van der Waals surface area contributed by atoms with Crippen molar-refractivity contribution in [2.75, 3.05) is 32.5 Å². The van der Waals surface area contributed by atoms with Crippen molar-refractivity contribution in [3.8, 4) is 0 Å². The summed E-state index contributed by atoms with van der Waals surface area (Å²) in [6.45, 7) is 3.33. The van der Waals surface area contributed by atoms with Crippen LogP contribution in [0.2, 0.25) is 5.02 Å². The number of carbonyl (C=O) groups is 1. The van der Waals surface area contributed by atoms with Gasteiger partial charge in [0.15, 0.2) is 5.96 Å². The molecule has 0 atom stereocenters. The fraction of sp³-hybridized carbons (Fsp3) is 0.368. The minimum absolute atomic E-state index is 0. The summed E-state index contributed by atoms with van der Waals surface area (Å²) in [4.78, 5) is 19.8. The maximum absolute atomic E-state index is 12.1. The van der Waals surface area contributed by atoms with E-state index in [0.717, 1.165) is 24.5 Å². The number of thiophene rings is 1. The zero-order valence-electron chi connectivity index (χ0n) is 15.8. The Balaban J connectivity index is 0.00000364. The number of nitrogens with zero attached hydrogens (tertiary/aromatic N) is 2. The van der Waals surface area contributed by atoms with Crippen molar-refractivity contribution in [1.82, 2.24) is 10.2 Å². The van der Waals surface area contributed by atoms with Gasteiger partial charge in [-0.3, -0.25) is 9.79 Å². The molecule has 2 aromatic rings. The molecular weight excluding hydrogens is 495 g/mol. The Kier molecular flexibility index (Phi) is 10.7. The molecular formula is C19H26ClIN4OS. The molecule has 1 heterocycles. The second-order valence-electron chi connectivity index (χ2n) is 6.01. The SMILES string of the molecule is CN=C(NCCC(=O)Nc1ccc(C)cc1Cl)N(C)CCc1cccs1.I. The van der Waals surface area contributed by atoms with Crippen LogP contribution in [0.3, 0.4) is 0 Å².